The summed E-state index contributed by atoms with van der Waals surface area (Å²) in [6.45, 7) is 1.29. The van der Waals surface area contributed by atoms with E-state index in [9.17, 15) is 4.79 Å². The Morgan fingerprint density at radius 3 is 2.94 bits per heavy atom. The van der Waals surface area contributed by atoms with Crippen LogP contribution < -0.4 is 4.74 Å². The molecule has 0 atom stereocenters. The number of ether oxygens (including phenoxy) is 1. The molecular weight excluding hydrogens is 230 g/mol. The molecule has 0 unspecified atom stereocenters. The van der Waals surface area contributed by atoms with E-state index in [1.165, 1.54) is 13.0 Å². The van der Waals surface area contributed by atoms with Gasteiger partial charge in [0.25, 0.3) is 0 Å². The van der Waals surface area contributed by atoms with Gasteiger partial charge in [-0.25, -0.2) is 0 Å². The fraction of sp³-hybridized carbons (Fsp3) is 0.0909. The molecule has 0 saturated carbocycles. The quantitative estimate of drug-likeness (QED) is 0.754. The van der Waals surface area contributed by atoms with Gasteiger partial charge in [0, 0.05) is 17.5 Å². The fourth-order valence-electron chi connectivity index (χ4n) is 1.23. The van der Waals surface area contributed by atoms with E-state index in [-0.39, 0.29) is 5.95 Å². The molecule has 0 N–H and O–H groups in total. The van der Waals surface area contributed by atoms with Crippen molar-refractivity contribution in [3.8, 4) is 17.2 Å². The summed E-state index contributed by atoms with van der Waals surface area (Å²) < 4.78 is 9.58. The first-order chi connectivity index (χ1) is 7.65. The Kier molecular flexibility index (Phi) is 2.92. The van der Waals surface area contributed by atoms with Crippen molar-refractivity contribution in [1.29, 1.82) is 0 Å². The van der Waals surface area contributed by atoms with E-state index in [0.29, 0.717) is 10.7 Å². The first-order valence-corrected chi connectivity index (χ1v) is 4.94. The van der Waals surface area contributed by atoms with Gasteiger partial charge in [0.05, 0.1) is 6.07 Å². The number of aromatic nitrogens is 1. The van der Waals surface area contributed by atoms with E-state index in [1.54, 1.807) is 18.2 Å². The van der Waals surface area contributed by atoms with Crippen molar-refractivity contribution in [3.05, 3.63) is 35.4 Å². The first kappa shape index (κ1) is 10.7. The predicted octanol–water partition coefficient (Wildman–Crippen LogP) is 2.92. The lowest BCUT2D eigenvalue weighted by molar-refractivity contribution is -0.133. The maximum absolute atomic E-state index is 10.7. The second-order valence-electron chi connectivity index (χ2n) is 3.14. The van der Waals surface area contributed by atoms with Crippen LogP contribution in [0.5, 0.6) is 5.95 Å². The van der Waals surface area contributed by atoms with Gasteiger partial charge in [-0.3, -0.25) is 4.79 Å². The van der Waals surface area contributed by atoms with Gasteiger partial charge in [0.1, 0.15) is 5.69 Å². The minimum atomic E-state index is -0.450. The number of carbonyl (C=O) groups excluding carboxylic acids is 1. The maximum atomic E-state index is 10.7. The summed E-state index contributed by atoms with van der Waals surface area (Å²) >= 11 is 5.84. The maximum Gasteiger partial charge on any atom is 0.319 e. The minimum absolute atomic E-state index is 0.0717. The largest absolute Gasteiger partial charge is 0.391 e. The average molecular weight is 238 g/mol. The van der Waals surface area contributed by atoms with Crippen molar-refractivity contribution in [2.75, 3.05) is 0 Å². The normalized spacial score (nSPS) is 10.1. The Morgan fingerprint density at radius 2 is 2.25 bits per heavy atom. The van der Waals surface area contributed by atoms with Gasteiger partial charge < -0.3 is 9.26 Å². The summed E-state index contributed by atoms with van der Waals surface area (Å²) in [5.41, 5.74) is 1.37. The molecule has 1 aromatic carbocycles. The van der Waals surface area contributed by atoms with Crippen LogP contribution in [0.2, 0.25) is 5.02 Å². The molecule has 1 aromatic heterocycles. The highest BCUT2D eigenvalue weighted by Gasteiger charge is 2.09. The Bertz CT molecular complexity index is 521. The third kappa shape index (κ3) is 2.41. The third-order valence-electron chi connectivity index (χ3n) is 1.85. The minimum Gasteiger partial charge on any atom is -0.391 e. The van der Waals surface area contributed by atoms with E-state index >= 15 is 0 Å². The van der Waals surface area contributed by atoms with Gasteiger partial charge in [0.2, 0.25) is 0 Å². The molecule has 2 rings (SSSR count). The van der Waals surface area contributed by atoms with Crippen LogP contribution in [0, 0.1) is 0 Å². The number of rotatable bonds is 2. The van der Waals surface area contributed by atoms with Gasteiger partial charge in [-0.05, 0) is 12.1 Å². The summed E-state index contributed by atoms with van der Waals surface area (Å²) in [7, 11) is 0. The van der Waals surface area contributed by atoms with Crippen LogP contribution in [-0.4, -0.2) is 11.1 Å². The van der Waals surface area contributed by atoms with E-state index in [0.717, 1.165) is 5.56 Å². The molecule has 0 aliphatic heterocycles. The van der Waals surface area contributed by atoms with Gasteiger partial charge in [-0.2, -0.15) is 0 Å². The average Bonchev–Trinajstić information content (AvgIpc) is 2.65. The second kappa shape index (κ2) is 4.37. The molecular formula is C11H8ClNO3. The molecule has 0 spiro atoms. The van der Waals surface area contributed by atoms with Crippen LogP contribution in [0.15, 0.2) is 34.9 Å². The number of esters is 1. The summed E-state index contributed by atoms with van der Waals surface area (Å²) in [4.78, 5) is 10.7. The number of hydrogen-bond donors (Lipinski definition) is 0. The van der Waals surface area contributed by atoms with E-state index in [4.69, 9.17) is 20.9 Å². The standard InChI is InChI=1S/C11H8ClNO3/c1-7(14)15-11-6-10(13-16-11)8-3-2-4-9(12)5-8/h2-6H,1H3. The third-order valence-corrected chi connectivity index (χ3v) is 2.09. The summed E-state index contributed by atoms with van der Waals surface area (Å²) in [6, 6.07) is 8.68. The molecule has 0 fully saturated rings. The molecule has 16 heavy (non-hydrogen) atoms. The lowest BCUT2D eigenvalue weighted by Gasteiger charge is -1.94. The van der Waals surface area contributed by atoms with Gasteiger partial charge in [-0.15, -0.1) is 0 Å². The predicted molar refractivity (Wildman–Crippen MR) is 58.3 cm³/mol. The van der Waals surface area contributed by atoms with Crippen molar-refractivity contribution in [2.24, 2.45) is 0 Å². The summed E-state index contributed by atoms with van der Waals surface area (Å²) in [5.74, 6) is -0.378. The molecule has 2 aromatic rings. The summed E-state index contributed by atoms with van der Waals surface area (Å²) in [5, 5.41) is 4.38. The molecule has 1 heterocycles. The van der Waals surface area contributed by atoms with E-state index < -0.39 is 5.97 Å². The highest BCUT2D eigenvalue weighted by molar-refractivity contribution is 6.30. The fourth-order valence-corrected chi connectivity index (χ4v) is 1.42. The van der Waals surface area contributed by atoms with Crippen molar-refractivity contribution in [3.63, 3.8) is 0 Å². The lowest BCUT2D eigenvalue weighted by Crippen LogP contribution is -1.99. The Labute approximate surface area is 96.8 Å². The molecule has 0 amide bonds. The second-order valence-corrected chi connectivity index (χ2v) is 3.57. The molecule has 0 saturated heterocycles. The van der Waals surface area contributed by atoms with Crippen molar-refractivity contribution >= 4 is 17.6 Å². The topological polar surface area (TPSA) is 52.3 Å². The SMILES string of the molecule is CC(=O)Oc1cc(-c2cccc(Cl)c2)no1. The zero-order chi connectivity index (χ0) is 11.5. The van der Waals surface area contributed by atoms with Crippen LogP contribution >= 0.6 is 11.6 Å². The number of hydrogen-bond acceptors (Lipinski definition) is 4. The van der Waals surface area contributed by atoms with Gasteiger partial charge in [0.15, 0.2) is 0 Å². The van der Waals surface area contributed by atoms with Crippen LogP contribution in [0.3, 0.4) is 0 Å². The number of carbonyl (C=O) groups is 1. The van der Waals surface area contributed by atoms with Gasteiger partial charge in [-0.1, -0.05) is 28.9 Å². The van der Waals surface area contributed by atoms with Crippen molar-refractivity contribution < 1.29 is 14.1 Å². The number of benzene rings is 1. The number of halogens is 1. The van der Waals surface area contributed by atoms with E-state index in [2.05, 4.69) is 5.16 Å². The Balaban J connectivity index is 2.28. The van der Waals surface area contributed by atoms with Crippen LogP contribution in [0.25, 0.3) is 11.3 Å². The van der Waals surface area contributed by atoms with Crippen LogP contribution in [-0.2, 0) is 4.79 Å². The highest BCUT2D eigenvalue weighted by Crippen LogP contribution is 2.25. The van der Waals surface area contributed by atoms with Crippen molar-refractivity contribution in [1.82, 2.24) is 5.16 Å². The molecule has 5 heteroatoms. The molecule has 4 nitrogen and oxygen atoms in total. The van der Waals surface area contributed by atoms with Crippen molar-refractivity contribution in [2.45, 2.75) is 6.92 Å². The van der Waals surface area contributed by atoms with E-state index in [1.807, 2.05) is 6.07 Å². The van der Waals surface area contributed by atoms with Crippen LogP contribution in [0.4, 0.5) is 0 Å². The Morgan fingerprint density at radius 1 is 1.44 bits per heavy atom. The molecule has 0 bridgehead atoms. The molecule has 0 aliphatic rings. The number of nitrogens with zero attached hydrogens (tertiary/aromatic N) is 1. The zero-order valence-electron chi connectivity index (χ0n) is 8.44. The summed E-state index contributed by atoms with van der Waals surface area (Å²) in [6.07, 6.45) is 0. The molecule has 0 radical (unpaired) electrons. The van der Waals surface area contributed by atoms with Gasteiger partial charge >= 0.3 is 11.9 Å². The lowest BCUT2D eigenvalue weighted by atomic mass is 10.2. The Hall–Kier alpha value is -1.81. The smallest absolute Gasteiger partial charge is 0.319 e. The van der Waals surface area contributed by atoms with Crippen LogP contribution in [0.1, 0.15) is 6.92 Å². The first-order valence-electron chi connectivity index (χ1n) is 4.56. The molecule has 82 valence electrons. The molecule has 0 aliphatic carbocycles. The zero-order valence-corrected chi connectivity index (χ0v) is 9.19. The monoisotopic (exact) mass is 237 g/mol. The highest BCUT2D eigenvalue weighted by atomic mass is 35.5.